The van der Waals surface area contributed by atoms with Crippen LogP contribution in [-0.4, -0.2) is 74.7 Å². The van der Waals surface area contributed by atoms with Crippen LogP contribution in [0.5, 0.6) is 0 Å². The first-order chi connectivity index (χ1) is 14.8. The lowest BCUT2D eigenvalue weighted by molar-refractivity contribution is 0.102. The van der Waals surface area contributed by atoms with Crippen molar-refractivity contribution in [3.8, 4) is 0 Å². The molecule has 0 atom stereocenters. The van der Waals surface area contributed by atoms with Crippen LogP contribution in [0.15, 0.2) is 53.4 Å². The Bertz CT molecular complexity index is 980. The number of carbonyl (C=O) groups excluding carboxylic acids is 1. The van der Waals surface area contributed by atoms with Crippen molar-refractivity contribution in [1.29, 1.82) is 0 Å². The second-order valence-corrected chi connectivity index (χ2v) is 9.79. The summed E-state index contributed by atoms with van der Waals surface area (Å²) >= 11 is 0. The number of sulfonamides is 1. The van der Waals surface area contributed by atoms with Gasteiger partial charge >= 0.3 is 0 Å². The third-order valence-corrected chi connectivity index (χ3v) is 7.71. The number of hydrogen-bond acceptors (Lipinski definition) is 5. The predicted octanol–water partition coefficient (Wildman–Crippen LogP) is 2.72. The van der Waals surface area contributed by atoms with Crippen LogP contribution in [0.2, 0.25) is 0 Å². The van der Waals surface area contributed by atoms with Crippen LogP contribution in [0.4, 0.5) is 5.69 Å². The molecule has 7 nitrogen and oxygen atoms in total. The number of piperazine rings is 1. The van der Waals surface area contributed by atoms with E-state index >= 15 is 0 Å². The van der Waals surface area contributed by atoms with E-state index in [4.69, 9.17) is 0 Å². The number of nitrogens with zero attached hydrogens (tertiary/aromatic N) is 3. The van der Waals surface area contributed by atoms with Gasteiger partial charge in [0.05, 0.1) is 4.90 Å². The Balaban J connectivity index is 1.65. The molecule has 31 heavy (non-hydrogen) atoms. The standard InChI is InChI=1S/C23H32N4O3S/c1-4-27(5-2)31(29,30)22-11-9-20(10-12-22)23(28)24-21-8-6-7-19(17-21)18-26-15-13-25(3)14-16-26/h6-12,17H,4-5,13-16,18H2,1-3H3,(H,24,28). The zero-order chi connectivity index (χ0) is 22.4. The monoisotopic (exact) mass is 444 g/mol. The zero-order valence-corrected chi connectivity index (χ0v) is 19.4. The maximum atomic E-state index is 12.7. The van der Waals surface area contributed by atoms with E-state index in [1.807, 2.05) is 18.2 Å². The number of nitrogens with one attached hydrogen (secondary N) is 1. The highest BCUT2D eigenvalue weighted by Crippen LogP contribution is 2.18. The number of likely N-dealkylation sites (N-methyl/N-ethyl adjacent to an activating group) is 1. The topological polar surface area (TPSA) is 73.0 Å². The number of rotatable bonds is 8. The first kappa shape index (κ1) is 23.4. The van der Waals surface area contributed by atoms with Gasteiger partial charge in [0.1, 0.15) is 0 Å². The summed E-state index contributed by atoms with van der Waals surface area (Å²) in [6.45, 7) is 9.49. The van der Waals surface area contributed by atoms with Gasteiger partial charge in [-0.3, -0.25) is 9.69 Å². The summed E-state index contributed by atoms with van der Waals surface area (Å²) in [5.74, 6) is -0.261. The molecule has 1 heterocycles. The molecule has 0 radical (unpaired) electrons. The van der Waals surface area contributed by atoms with Crippen molar-refractivity contribution in [2.75, 3.05) is 51.6 Å². The molecule has 2 aromatic carbocycles. The van der Waals surface area contributed by atoms with Gasteiger partial charge in [-0.25, -0.2) is 8.42 Å². The van der Waals surface area contributed by atoms with E-state index in [1.165, 1.54) is 16.4 Å². The van der Waals surface area contributed by atoms with Gasteiger partial charge in [0.25, 0.3) is 5.91 Å². The maximum Gasteiger partial charge on any atom is 0.255 e. The SMILES string of the molecule is CCN(CC)S(=O)(=O)c1ccc(C(=O)Nc2cccc(CN3CCN(C)CC3)c2)cc1. The summed E-state index contributed by atoms with van der Waals surface area (Å²) in [6, 6.07) is 14.0. The summed E-state index contributed by atoms with van der Waals surface area (Å²) in [4.78, 5) is 17.6. The van der Waals surface area contributed by atoms with E-state index < -0.39 is 10.0 Å². The van der Waals surface area contributed by atoms with E-state index in [0.717, 1.165) is 44.0 Å². The van der Waals surface area contributed by atoms with Gasteiger partial charge in [0.15, 0.2) is 0 Å². The molecule has 3 rings (SSSR count). The van der Waals surface area contributed by atoms with Gasteiger partial charge in [0, 0.05) is 57.1 Å². The Morgan fingerprint density at radius 1 is 1.00 bits per heavy atom. The van der Waals surface area contributed by atoms with Crippen molar-refractivity contribution in [3.63, 3.8) is 0 Å². The van der Waals surface area contributed by atoms with Crippen molar-refractivity contribution in [2.45, 2.75) is 25.3 Å². The maximum absolute atomic E-state index is 12.7. The second-order valence-electron chi connectivity index (χ2n) is 7.85. The minimum atomic E-state index is -3.53. The number of carbonyl (C=O) groups is 1. The molecule has 1 N–H and O–H groups in total. The van der Waals surface area contributed by atoms with E-state index in [0.29, 0.717) is 18.7 Å². The average molecular weight is 445 g/mol. The second kappa shape index (κ2) is 10.4. The fourth-order valence-electron chi connectivity index (χ4n) is 3.71. The normalized spacial score (nSPS) is 15.9. The Kier molecular flexibility index (Phi) is 7.83. The minimum absolute atomic E-state index is 0.196. The molecule has 168 valence electrons. The molecule has 0 bridgehead atoms. The fourth-order valence-corrected chi connectivity index (χ4v) is 5.16. The van der Waals surface area contributed by atoms with E-state index in [2.05, 4.69) is 28.2 Å². The van der Waals surface area contributed by atoms with Crippen molar-refractivity contribution >= 4 is 21.6 Å². The largest absolute Gasteiger partial charge is 0.322 e. The molecular formula is C23H32N4O3S. The molecule has 0 spiro atoms. The predicted molar refractivity (Wildman–Crippen MR) is 124 cm³/mol. The highest BCUT2D eigenvalue weighted by Gasteiger charge is 2.21. The number of anilines is 1. The van der Waals surface area contributed by atoms with Crippen LogP contribution in [0.3, 0.4) is 0 Å². The first-order valence-electron chi connectivity index (χ1n) is 10.7. The first-order valence-corrected chi connectivity index (χ1v) is 12.2. The van der Waals surface area contributed by atoms with Crippen molar-refractivity contribution in [3.05, 3.63) is 59.7 Å². The van der Waals surface area contributed by atoms with Gasteiger partial charge in [-0.15, -0.1) is 0 Å². The highest BCUT2D eigenvalue weighted by atomic mass is 32.2. The molecule has 1 aliphatic rings. The number of hydrogen-bond donors (Lipinski definition) is 1. The van der Waals surface area contributed by atoms with Crippen molar-refractivity contribution in [1.82, 2.24) is 14.1 Å². The molecule has 1 amide bonds. The van der Waals surface area contributed by atoms with Gasteiger partial charge < -0.3 is 10.2 Å². The molecule has 1 fully saturated rings. The minimum Gasteiger partial charge on any atom is -0.322 e. The van der Waals surface area contributed by atoms with E-state index in [1.54, 1.807) is 26.0 Å². The quantitative estimate of drug-likeness (QED) is 0.678. The number of benzene rings is 2. The van der Waals surface area contributed by atoms with Crippen LogP contribution in [0.25, 0.3) is 0 Å². The van der Waals surface area contributed by atoms with Gasteiger partial charge in [-0.2, -0.15) is 4.31 Å². The highest BCUT2D eigenvalue weighted by molar-refractivity contribution is 7.89. The molecule has 1 saturated heterocycles. The van der Waals surface area contributed by atoms with Crippen LogP contribution < -0.4 is 5.32 Å². The summed E-state index contributed by atoms with van der Waals surface area (Å²) in [5, 5.41) is 2.92. The molecule has 0 saturated carbocycles. The van der Waals surface area contributed by atoms with Crippen molar-refractivity contribution in [2.24, 2.45) is 0 Å². The Morgan fingerprint density at radius 2 is 1.65 bits per heavy atom. The van der Waals surface area contributed by atoms with E-state index in [9.17, 15) is 13.2 Å². The Hall–Kier alpha value is -2.26. The molecule has 2 aromatic rings. The van der Waals surface area contributed by atoms with Crippen molar-refractivity contribution < 1.29 is 13.2 Å². The number of amides is 1. The summed E-state index contributed by atoms with van der Waals surface area (Å²) in [6.07, 6.45) is 0. The Morgan fingerprint density at radius 3 is 2.26 bits per heavy atom. The smallest absolute Gasteiger partial charge is 0.255 e. The van der Waals surface area contributed by atoms with Crippen LogP contribution in [-0.2, 0) is 16.6 Å². The third-order valence-electron chi connectivity index (χ3n) is 5.65. The van der Waals surface area contributed by atoms with Gasteiger partial charge in [0.2, 0.25) is 10.0 Å². The molecule has 0 aliphatic carbocycles. The van der Waals surface area contributed by atoms with Crippen LogP contribution in [0.1, 0.15) is 29.8 Å². The summed E-state index contributed by atoms with van der Waals surface area (Å²) < 4.78 is 26.6. The molecule has 0 aromatic heterocycles. The molecule has 8 heteroatoms. The van der Waals surface area contributed by atoms with Gasteiger partial charge in [-0.05, 0) is 49.0 Å². The third kappa shape index (κ3) is 5.92. The lowest BCUT2D eigenvalue weighted by Crippen LogP contribution is -2.43. The lowest BCUT2D eigenvalue weighted by Gasteiger charge is -2.32. The fraction of sp³-hybridized carbons (Fsp3) is 0.435. The van der Waals surface area contributed by atoms with Gasteiger partial charge in [-0.1, -0.05) is 26.0 Å². The van der Waals surface area contributed by atoms with Crippen LogP contribution >= 0.6 is 0 Å². The molecule has 1 aliphatic heterocycles. The summed E-state index contributed by atoms with van der Waals surface area (Å²) in [7, 11) is -1.39. The average Bonchev–Trinajstić information content (AvgIpc) is 2.76. The zero-order valence-electron chi connectivity index (χ0n) is 18.5. The summed E-state index contributed by atoms with van der Waals surface area (Å²) in [5.41, 5.74) is 2.31. The lowest BCUT2D eigenvalue weighted by atomic mass is 10.1. The van der Waals surface area contributed by atoms with Crippen LogP contribution in [0, 0.1) is 0 Å². The Labute approximate surface area is 185 Å². The molecular weight excluding hydrogens is 412 g/mol. The molecule has 0 unspecified atom stereocenters. The van der Waals surface area contributed by atoms with E-state index in [-0.39, 0.29) is 10.8 Å².